The Morgan fingerprint density at radius 1 is 1.44 bits per heavy atom. The third-order valence-electron chi connectivity index (χ3n) is 1.95. The second-order valence-corrected chi connectivity index (χ2v) is 4.76. The molecule has 0 saturated carbocycles. The summed E-state index contributed by atoms with van der Waals surface area (Å²) in [6, 6.07) is 4.31. The number of nitrogens with one attached hydrogen (secondary N) is 1. The van der Waals surface area contributed by atoms with Gasteiger partial charge in [-0.15, -0.1) is 0 Å². The van der Waals surface area contributed by atoms with Crippen LogP contribution in [0.25, 0.3) is 0 Å². The number of hydrogen-bond acceptors (Lipinski definition) is 3. The molecule has 1 aromatic carbocycles. The van der Waals surface area contributed by atoms with E-state index in [4.69, 9.17) is 21.8 Å². The Hall–Kier alpha value is -0.370. The summed E-state index contributed by atoms with van der Waals surface area (Å²) >= 11 is 7.80. The van der Waals surface area contributed by atoms with Crippen LogP contribution in [0.4, 0.5) is 0 Å². The van der Waals surface area contributed by atoms with Gasteiger partial charge in [0.2, 0.25) is 0 Å². The lowest BCUT2D eigenvalue weighted by molar-refractivity contribution is 0.0878. The van der Waals surface area contributed by atoms with Crippen LogP contribution in [0.2, 0.25) is 5.02 Å². The second kappa shape index (κ2) is 6.39. The van der Waals surface area contributed by atoms with E-state index >= 15 is 0 Å². The lowest BCUT2D eigenvalue weighted by Crippen LogP contribution is -2.40. The van der Waals surface area contributed by atoms with E-state index < -0.39 is 6.04 Å². The second-order valence-electron chi connectivity index (χ2n) is 3.16. The molecule has 0 fully saturated rings. The molecule has 0 unspecified atom stereocenters. The van der Waals surface area contributed by atoms with Crippen molar-refractivity contribution in [2.75, 3.05) is 13.2 Å². The van der Waals surface area contributed by atoms with Gasteiger partial charge in [0.15, 0.2) is 0 Å². The van der Waals surface area contributed by atoms with E-state index in [0.29, 0.717) is 10.6 Å². The fraction of sp³-hybridized carbons (Fsp3) is 0.300. The zero-order valence-electron chi connectivity index (χ0n) is 8.28. The van der Waals surface area contributed by atoms with Crippen molar-refractivity contribution in [3.63, 3.8) is 0 Å². The number of aliphatic hydroxyl groups excluding tert-OH is 2. The van der Waals surface area contributed by atoms with Crippen molar-refractivity contribution >= 4 is 40.1 Å². The summed E-state index contributed by atoms with van der Waals surface area (Å²) in [5.74, 6) is -0.361. The van der Waals surface area contributed by atoms with Gasteiger partial charge in [-0.3, -0.25) is 4.79 Å². The van der Waals surface area contributed by atoms with Crippen LogP contribution in [-0.2, 0) is 0 Å². The Bertz CT molecular complexity index is 382. The average Bonchev–Trinajstić information content (AvgIpc) is 2.28. The fourth-order valence-corrected chi connectivity index (χ4v) is 1.84. The smallest absolute Gasteiger partial charge is 0.252 e. The van der Waals surface area contributed by atoms with Gasteiger partial charge in [-0.05, 0) is 40.8 Å². The van der Waals surface area contributed by atoms with Crippen LogP contribution in [0.3, 0.4) is 0 Å². The highest BCUT2D eigenvalue weighted by Crippen LogP contribution is 2.17. The first-order valence-electron chi connectivity index (χ1n) is 4.56. The van der Waals surface area contributed by atoms with Crippen LogP contribution in [0.1, 0.15) is 10.4 Å². The quantitative estimate of drug-likeness (QED) is 0.707. The first kappa shape index (κ1) is 13.7. The van der Waals surface area contributed by atoms with Crippen molar-refractivity contribution in [1.82, 2.24) is 5.32 Å². The molecule has 0 spiro atoms. The van der Waals surface area contributed by atoms with Crippen LogP contribution in [0.15, 0.2) is 18.2 Å². The van der Waals surface area contributed by atoms with E-state index in [1.165, 1.54) is 0 Å². The number of halogens is 2. The van der Waals surface area contributed by atoms with Gasteiger partial charge in [0.1, 0.15) is 0 Å². The molecule has 1 amide bonds. The highest BCUT2D eigenvalue weighted by Gasteiger charge is 2.14. The highest BCUT2D eigenvalue weighted by molar-refractivity contribution is 14.1. The van der Waals surface area contributed by atoms with E-state index in [2.05, 4.69) is 5.32 Å². The van der Waals surface area contributed by atoms with E-state index in [9.17, 15) is 4.79 Å². The lowest BCUT2D eigenvalue weighted by Gasteiger charge is -2.14. The summed E-state index contributed by atoms with van der Waals surface area (Å²) in [6.07, 6.45) is 0. The fourth-order valence-electron chi connectivity index (χ4n) is 1.08. The molecule has 0 radical (unpaired) electrons. The Labute approximate surface area is 112 Å². The Kier molecular flexibility index (Phi) is 5.47. The van der Waals surface area contributed by atoms with Gasteiger partial charge in [0, 0.05) is 8.59 Å². The molecule has 0 aliphatic rings. The van der Waals surface area contributed by atoms with Crippen LogP contribution in [-0.4, -0.2) is 35.4 Å². The number of carbonyl (C=O) groups excluding carboxylic acids is 1. The predicted molar refractivity (Wildman–Crippen MR) is 69.6 cm³/mol. The molecule has 0 aliphatic carbocycles. The zero-order valence-corrected chi connectivity index (χ0v) is 11.2. The minimum absolute atomic E-state index is 0.306. The molecule has 1 aromatic rings. The maximum absolute atomic E-state index is 11.7. The molecule has 88 valence electrons. The van der Waals surface area contributed by atoms with Crippen molar-refractivity contribution in [1.29, 1.82) is 0 Å². The number of carbonyl (C=O) groups is 1. The summed E-state index contributed by atoms with van der Waals surface area (Å²) in [6.45, 7) is -0.612. The molecule has 0 aliphatic heterocycles. The van der Waals surface area contributed by atoms with E-state index in [-0.39, 0.29) is 19.1 Å². The van der Waals surface area contributed by atoms with Crippen molar-refractivity contribution in [3.05, 3.63) is 32.4 Å². The Balaban J connectivity index is 2.83. The molecule has 0 bridgehead atoms. The Morgan fingerprint density at radius 2 is 2.06 bits per heavy atom. The van der Waals surface area contributed by atoms with Gasteiger partial charge in [-0.25, -0.2) is 0 Å². The molecule has 3 N–H and O–H groups in total. The van der Waals surface area contributed by atoms with Gasteiger partial charge < -0.3 is 15.5 Å². The Morgan fingerprint density at radius 3 is 2.62 bits per heavy atom. The molecule has 1 rings (SSSR count). The number of amides is 1. The number of aliphatic hydroxyl groups is 2. The first-order chi connectivity index (χ1) is 7.58. The molecule has 0 heterocycles. The monoisotopic (exact) mass is 355 g/mol. The molecule has 0 saturated heterocycles. The highest BCUT2D eigenvalue weighted by atomic mass is 127. The molecule has 0 aromatic heterocycles. The van der Waals surface area contributed by atoms with Crippen molar-refractivity contribution in [2.45, 2.75) is 6.04 Å². The SMILES string of the molecule is O=C(NC(CO)CO)c1cc(Cl)ccc1I. The topological polar surface area (TPSA) is 69.6 Å². The summed E-state index contributed by atoms with van der Waals surface area (Å²) < 4.78 is 0.758. The van der Waals surface area contributed by atoms with Crippen LogP contribution >= 0.6 is 34.2 Å². The van der Waals surface area contributed by atoms with Crippen molar-refractivity contribution in [3.8, 4) is 0 Å². The molecular weight excluding hydrogens is 344 g/mol. The largest absolute Gasteiger partial charge is 0.394 e. The van der Waals surface area contributed by atoms with Gasteiger partial charge in [-0.2, -0.15) is 0 Å². The lowest BCUT2D eigenvalue weighted by atomic mass is 10.2. The molecule has 16 heavy (non-hydrogen) atoms. The summed E-state index contributed by atoms with van der Waals surface area (Å²) in [5, 5.41) is 20.7. The van der Waals surface area contributed by atoms with E-state index in [1.807, 2.05) is 22.6 Å². The normalized spacial score (nSPS) is 10.6. The number of benzene rings is 1. The summed E-state index contributed by atoms with van der Waals surface area (Å²) in [5.41, 5.74) is 0.431. The van der Waals surface area contributed by atoms with E-state index in [1.54, 1.807) is 18.2 Å². The summed E-state index contributed by atoms with van der Waals surface area (Å²) in [7, 11) is 0. The van der Waals surface area contributed by atoms with E-state index in [0.717, 1.165) is 3.57 Å². The minimum atomic E-state index is -0.651. The van der Waals surface area contributed by atoms with Crippen LogP contribution in [0.5, 0.6) is 0 Å². The third kappa shape index (κ3) is 3.58. The molecule has 0 atom stereocenters. The average molecular weight is 356 g/mol. The van der Waals surface area contributed by atoms with Gasteiger partial charge in [0.05, 0.1) is 24.8 Å². The molecule has 6 heteroatoms. The zero-order chi connectivity index (χ0) is 12.1. The maximum Gasteiger partial charge on any atom is 0.252 e. The summed E-state index contributed by atoms with van der Waals surface area (Å²) in [4.78, 5) is 11.7. The van der Waals surface area contributed by atoms with Gasteiger partial charge in [0.25, 0.3) is 5.91 Å². The minimum Gasteiger partial charge on any atom is -0.394 e. The van der Waals surface area contributed by atoms with Crippen LogP contribution < -0.4 is 5.32 Å². The molecular formula is C10H11ClINO3. The standard InChI is InChI=1S/C10H11ClINO3/c11-6-1-2-9(12)8(3-6)10(16)13-7(4-14)5-15/h1-3,7,14-15H,4-5H2,(H,13,16). The van der Waals surface area contributed by atoms with Gasteiger partial charge >= 0.3 is 0 Å². The maximum atomic E-state index is 11.7. The molecule has 4 nitrogen and oxygen atoms in total. The third-order valence-corrected chi connectivity index (χ3v) is 3.12. The van der Waals surface area contributed by atoms with Crippen LogP contribution in [0, 0.1) is 3.57 Å². The number of hydrogen-bond donors (Lipinski definition) is 3. The first-order valence-corrected chi connectivity index (χ1v) is 6.01. The predicted octanol–water partition coefficient (Wildman–Crippen LogP) is 1.03. The number of rotatable bonds is 4. The van der Waals surface area contributed by atoms with Crippen molar-refractivity contribution < 1.29 is 15.0 Å². The van der Waals surface area contributed by atoms with Gasteiger partial charge in [-0.1, -0.05) is 11.6 Å². The van der Waals surface area contributed by atoms with Crippen molar-refractivity contribution in [2.24, 2.45) is 0 Å².